The fraction of sp³-hybridized carbons (Fsp3) is 0.593. The molecule has 3 heterocycles. The molecule has 1 aliphatic heterocycles. The van der Waals surface area contributed by atoms with Crippen LogP contribution in [0.1, 0.15) is 72.3 Å². The van der Waals surface area contributed by atoms with Gasteiger partial charge in [0.2, 0.25) is 11.8 Å². The molecule has 1 saturated heterocycles. The van der Waals surface area contributed by atoms with E-state index in [1.54, 1.807) is 43.8 Å². The van der Waals surface area contributed by atoms with Gasteiger partial charge in [-0.05, 0) is 46.1 Å². The van der Waals surface area contributed by atoms with Crippen LogP contribution in [-0.4, -0.2) is 68.2 Å². The van der Waals surface area contributed by atoms with Gasteiger partial charge in [-0.3, -0.25) is 14.6 Å². The van der Waals surface area contributed by atoms with Gasteiger partial charge < -0.3 is 25.4 Å². The molecule has 11 heteroatoms. The van der Waals surface area contributed by atoms with E-state index in [0.717, 1.165) is 16.1 Å². The number of hydrogen-bond acceptors (Lipinski definition) is 8. The number of thiazole rings is 1. The predicted octanol–water partition coefficient (Wildman–Crippen LogP) is 3.59. The van der Waals surface area contributed by atoms with Crippen LogP contribution in [0, 0.1) is 12.3 Å². The van der Waals surface area contributed by atoms with E-state index in [-0.39, 0.29) is 13.0 Å². The van der Waals surface area contributed by atoms with E-state index in [1.807, 2.05) is 46.8 Å². The fourth-order valence-corrected chi connectivity index (χ4v) is 5.10. The summed E-state index contributed by atoms with van der Waals surface area (Å²) >= 11 is 1.54. The van der Waals surface area contributed by atoms with Crippen molar-refractivity contribution in [2.24, 2.45) is 5.41 Å². The third kappa shape index (κ3) is 7.28. The molecule has 1 fully saturated rings. The fourth-order valence-electron chi connectivity index (χ4n) is 4.30. The number of carbonyl (C=O) groups excluding carboxylic acids is 3. The minimum Gasteiger partial charge on any atom is -0.444 e. The number of aryl methyl sites for hydroxylation is 1. The molecule has 3 rings (SSSR count). The highest BCUT2D eigenvalue weighted by Gasteiger charge is 2.45. The predicted molar refractivity (Wildman–Crippen MR) is 145 cm³/mol. The van der Waals surface area contributed by atoms with Crippen molar-refractivity contribution in [1.82, 2.24) is 25.5 Å². The van der Waals surface area contributed by atoms with E-state index in [1.165, 1.54) is 4.90 Å². The Morgan fingerprint density at radius 2 is 1.82 bits per heavy atom. The van der Waals surface area contributed by atoms with Crippen LogP contribution >= 0.6 is 11.3 Å². The number of aliphatic hydroxyl groups is 1. The molecule has 2 aromatic rings. The Hall–Kier alpha value is -3.05. The van der Waals surface area contributed by atoms with Crippen molar-refractivity contribution in [2.45, 2.75) is 91.6 Å². The average molecular weight is 546 g/mol. The smallest absolute Gasteiger partial charge is 0.408 e. The van der Waals surface area contributed by atoms with Crippen LogP contribution in [0.3, 0.4) is 0 Å². The summed E-state index contributed by atoms with van der Waals surface area (Å²) in [7, 11) is 0. The van der Waals surface area contributed by atoms with Gasteiger partial charge in [-0.25, -0.2) is 9.78 Å². The van der Waals surface area contributed by atoms with Gasteiger partial charge in [0.1, 0.15) is 17.7 Å². The van der Waals surface area contributed by atoms with Gasteiger partial charge in [0.15, 0.2) is 0 Å². The van der Waals surface area contributed by atoms with Crippen LogP contribution in [0.15, 0.2) is 23.8 Å². The van der Waals surface area contributed by atoms with Crippen LogP contribution in [0.2, 0.25) is 0 Å². The van der Waals surface area contributed by atoms with Crippen molar-refractivity contribution in [1.29, 1.82) is 0 Å². The third-order valence-electron chi connectivity index (χ3n) is 6.24. The van der Waals surface area contributed by atoms with Gasteiger partial charge in [-0.1, -0.05) is 26.8 Å². The highest BCUT2D eigenvalue weighted by molar-refractivity contribution is 7.13. The quantitative estimate of drug-likeness (QED) is 0.505. The number of amides is 3. The summed E-state index contributed by atoms with van der Waals surface area (Å²) in [5.74, 6) is -0.841. The summed E-state index contributed by atoms with van der Waals surface area (Å²) in [5.41, 5.74) is 2.94. The van der Waals surface area contributed by atoms with E-state index in [2.05, 4.69) is 20.6 Å². The van der Waals surface area contributed by atoms with Crippen LogP contribution < -0.4 is 10.6 Å². The van der Waals surface area contributed by atoms with Gasteiger partial charge in [0.25, 0.3) is 0 Å². The zero-order valence-electron chi connectivity index (χ0n) is 23.4. The number of aliphatic hydroxyl groups excluding tert-OH is 1. The summed E-state index contributed by atoms with van der Waals surface area (Å²) in [6, 6.07) is 1.53. The minimum atomic E-state index is -0.959. The average Bonchev–Trinajstić information content (AvgIpc) is 3.40. The first-order valence-electron chi connectivity index (χ1n) is 12.7. The van der Waals surface area contributed by atoms with Crippen molar-refractivity contribution in [3.63, 3.8) is 0 Å². The molecule has 3 amide bonds. The SMILES string of the molecule is Cc1ncsc1-c1ccc(C(C)NC(=O)[C@@H]2C[C@@H](O)CN2C(=O)C(NC(=O)OC(C)(C)C)C(C)(C)C)nc1. The maximum atomic E-state index is 13.6. The molecule has 10 nitrogen and oxygen atoms in total. The number of rotatable bonds is 6. The molecule has 38 heavy (non-hydrogen) atoms. The van der Waals surface area contributed by atoms with Gasteiger partial charge in [0, 0.05) is 24.7 Å². The lowest BCUT2D eigenvalue weighted by atomic mass is 9.85. The number of ether oxygens (including phenoxy) is 1. The van der Waals surface area contributed by atoms with Crippen LogP contribution in [0.5, 0.6) is 0 Å². The van der Waals surface area contributed by atoms with E-state index < -0.39 is 53.2 Å². The molecule has 0 saturated carbocycles. The molecular weight excluding hydrogens is 506 g/mol. The second kappa shape index (κ2) is 11.4. The van der Waals surface area contributed by atoms with Crippen molar-refractivity contribution in [3.8, 4) is 10.4 Å². The highest BCUT2D eigenvalue weighted by Crippen LogP contribution is 2.29. The number of hydrogen-bond donors (Lipinski definition) is 3. The number of pyridine rings is 1. The van der Waals surface area contributed by atoms with Crippen LogP contribution in [0.25, 0.3) is 10.4 Å². The van der Waals surface area contributed by atoms with E-state index in [9.17, 15) is 19.5 Å². The van der Waals surface area contributed by atoms with Crippen molar-refractivity contribution < 1.29 is 24.2 Å². The molecule has 4 atom stereocenters. The Morgan fingerprint density at radius 3 is 2.34 bits per heavy atom. The monoisotopic (exact) mass is 545 g/mol. The van der Waals surface area contributed by atoms with Crippen molar-refractivity contribution >= 4 is 29.2 Å². The van der Waals surface area contributed by atoms with Gasteiger partial charge in [0.05, 0.1) is 33.9 Å². The number of nitrogens with one attached hydrogen (secondary N) is 2. The van der Waals surface area contributed by atoms with E-state index >= 15 is 0 Å². The van der Waals surface area contributed by atoms with Crippen molar-refractivity contribution in [2.75, 3.05) is 6.54 Å². The number of β-amino-alcohol motifs (C(OH)–C–C–N with tert-alkyl or cyclic N) is 1. The molecule has 2 aromatic heterocycles. The van der Waals surface area contributed by atoms with E-state index in [4.69, 9.17) is 4.74 Å². The maximum absolute atomic E-state index is 13.6. The van der Waals surface area contributed by atoms with Crippen molar-refractivity contribution in [3.05, 3.63) is 35.2 Å². The Morgan fingerprint density at radius 1 is 1.13 bits per heavy atom. The first-order valence-corrected chi connectivity index (χ1v) is 13.6. The second-order valence-corrected chi connectivity index (χ2v) is 12.7. The summed E-state index contributed by atoms with van der Waals surface area (Å²) in [5, 5.41) is 16.0. The standard InChI is InChI=1S/C27H39N5O5S/c1-15(19-10-9-17(12-28-19)21-16(2)29-14-38-21)30-23(34)20-11-18(33)13-32(20)24(35)22(26(3,4)5)31-25(36)37-27(6,7)8/h9-10,12,14-15,18,20,22,33H,11,13H2,1-8H3,(H,30,34)(H,31,36)/t15?,18-,20+,22?/m1/s1. The molecule has 2 unspecified atom stereocenters. The number of likely N-dealkylation sites (tertiary alicyclic amines) is 1. The van der Waals surface area contributed by atoms with Gasteiger partial charge in [-0.2, -0.15) is 0 Å². The first-order chi connectivity index (χ1) is 17.6. The molecule has 3 N–H and O–H groups in total. The second-order valence-electron chi connectivity index (χ2n) is 11.8. The lowest BCUT2D eigenvalue weighted by molar-refractivity contribution is -0.142. The zero-order chi connectivity index (χ0) is 28.4. The zero-order valence-corrected chi connectivity index (χ0v) is 24.2. The van der Waals surface area contributed by atoms with Crippen LogP contribution in [0.4, 0.5) is 4.79 Å². The number of nitrogens with zero attached hydrogens (tertiary/aromatic N) is 3. The third-order valence-corrected chi connectivity index (χ3v) is 7.21. The minimum absolute atomic E-state index is 0.00493. The van der Waals surface area contributed by atoms with Crippen LogP contribution in [-0.2, 0) is 14.3 Å². The molecule has 0 aromatic carbocycles. The number of carbonyl (C=O) groups is 3. The Bertz CT molecular complexity index is 1150. The first kappa shape index (κ1) is 29.5. The molecule has 0 radical (unpaired) electrons. The summed E-state index contributed by atoms with van der Waals surface area (Å²) in [6.07, 6.45) is 0.282. The molecule has 208 valence electrons. The number of aromatic nitrogens is 2. The summed E-state index contributed by atoms with van der Waals surface area (Å²) in [4.78, 5) is 50.6. The molecule has 0 spiro atoms. The van der Waals surface area contributed by atoms with Gasteiger partial charge in [-0.15, -0.1) is 11.3 Å². The highest BCUT2D eigenvalue weighted by atomic mass is 32.1. The van der Waals surface area contributed by atoms with Gasteiger partial charge >= 0.3 is 6.09 Å². The Labute approximate surface area is 228 Å². The molecule has 1 aliphatic rings. The summed E-state index contributed by atoms with van der Waals surface area (Å²) < 4.78 is 5.35. The Balaban J connectivity index is 1.72. The lowest BCUT2D eigenvalue weighted by Gasteiger charge is -2.35. The van der Waals surface area contributed by atoms with E-state index in [0.29, 0.717) is 5.69 Å². The lowest BCUT2D eigenvalue weighted by Crippen LogP contribution is -2.58. The largest absolute Gasteiger partial charge is 0.444 e. The molecular formula is C27H39N5O5S. The normalized spacial score (nSPS) is 19.6. The summed E-state index contributed by atoms with van der Waals surface area (Å²) in [6.45, 7) is 14.4. The molecule has 0 aliphatic carbocycles. The maximum Gasteiger partial charge on any atom is 0.408 e. The number of alkyl carbamates (subject to hydrolysis) is 1. The Kier molecular flexibility index (Phi) is 8.82. The molecule has 0 bridgehead atoms. The topological polar surface area (TPSA) is 134 Å².